The summed E-state index contributed by atoms with van der Waals surface area (Å²) in [6.45, 7) is 0. The van der Waals surface area contributed by atoms with Crippen LogP contribution in [0.5, 0.6) is 0 Å². The van der Waals surface area contributed by atoms with Crippen molar-refractivity contribution in [3.8, 4) is 0 Å². The topological polar surface area (TPSA) is 81.5 Å². The first kappa shape index (κ1) is 12.7. The summed E-state index contributed by atoms with van der Waals surface area (Å²) in [5.74, 6) is -0.607. The van der Waals surface area contributed by atoms with Crippen LogP contribution in [0.15, 0.2) is 24.4 Å². The number of rotatable bonds is 4. The Bertz CT molecular complexity index is 469. The molecule has 6 nitrogen and oxygen atoms in total. The second-order valence-electron chi connectivity index (χ2n) is 3.11. The van der Waals surface area contributed by atoms with Gasteiger partial charge in [0.2, 0.25) is 0 Å². The molecule has 0 unspecified atom stereocenters. The predicted octanol–water partition coefficient (Wildman–Crippen LogP) is 1.57. The molecule has 0 fully saturated rings. The fourth-order valence-corrected chi connectivity index (χ4v) is 1.34. The Morgan fingerprint density at radius 2 is 2.24 bits per heavy atom. The SMILES string of the molecule is CN/C=C/c1c(C(=O)OC)cccc1[N+](=O)[O-]. The number of carbonyl (C=O) groups excluding carboxylic acids is 1. The molecule has 0 aromatic heterocycles. The van der Waals surface area contributed by atoms with E-state index in [9.17, 15) is 14.9 Å². The number of methoxy groups -OCH3 is 1. The zero-order valence-electron chi connectivity index (χ0n) is 9.47. The molecule has 0 spiro atoms. The minimum absolute atomic E-state index is 0.139. The van der Waals surface area contributed by atoms with Crippen molar-refractivity contribution in [2.24, 2.45) is 0 Å². The summed E-state index contributed by atoms with van der Waals surface area (Å²) in [5.41, 5.74) is 0.242. The van der Waals surface area contributed by atoms with Gasteiger partial charge in [-0.2, -0.15) is 0 Å². The Labute approximate surface area is 98.0 Å². The maximum Gasteiger partial charge on any atom is 0.338 e. The van der Waals surface area contributed by atoms with E-state index in [-0.39, 0.29) is 16.8 Å². The lowest BCUT2D eigenvalue weighted by Crippen LogP contribution is -2.06. The summed E-state index contributed by atoms with van der Waals surface area (Å²) in [7, 11) is 2.88. The van der Waals surface area contributed by atoms with Gasteiger partial charge in [-0.15, -0.1) is 0 Å². The minimum Gasteiger partial charge on any atom is -0.465 e. The summed E-state index contributed by atoms with van der Waals surface area (Å²) in [5, 5.41) is 13.6. The van der Waals surface area contributed by atoms with Crippen LogP contribution >= 0.6 is 0 Å². The first-order chi connectivity index (χ1) is 8.11. The van der Waals surface area contributed by atoms with E-state index in [2.05, 4.69) is 10.1 Å². The molecule has 17 heavy (non-hydrogen) atoms. The van der Waals surface area contributed by atoms with Crippen molar-refractivity contribution in [1.82, 2.24) is 5.32 Å². The van der Waals surface area contributed by atoms with Gasteiger partial charge in [0, 0.05) is 13.1 Å². The molecule has 0 saturated heterocycles. The van der Waals surface area contributed by atoms with E-state index < -0.39 is 10.9 Å². The molecule has 0 heterocycles. The zero-order chi connectivity index (χ0) is 12.8. The van der Waals surface area contributed by atoms with E-state index in [4.69, 9.17) is 0 Å². The standard InChI is InChI=1S/C11H12N2O4/c1-12-7-6-8-9(11(14)17-2)4-3-5-10(8)13(15)16/h3-7,12H,1-2H3/b7-6+. The fourth-order valence-electron chi connectivity index (χ4n) is 1.34. The zero-order valence-corrected chi connectivity index (χ0v) is 9.47. The number of benzene rings is 1. The van der Waals surface area contributed by atoms with Crippen LogP contribution in [0, 0.1) is 10.1 Å². The van der Waals surface area contributed by atoms with Gasteiger partial charge in [-0.25, -0.2) is 4.79 Å². The van der Waals surface area contributed by atoms with Gasteiger partial charge in [0.15, 0.2) is 0 Å². The van der Waals surface area contributed by atoms with Gasteiger partial charge < -0.3 is 10.1 Å². The van der Waals surface area contributed by atoms with Gasteiger partial charge in [-0.3, -0.25) is 10.1 Å². The van der Waals surface area contributed by atoms with Crippen molar-refractivity contribution < 1.29 is 14.5 Å². The quantitative estimate of drug-likeness (QED) is 0.487. The molecule has 0 aliphatic carbocycles. The highest BCUT2D eigenvalue weighted by molar-refractivity contribution is 5.95. The van der Waals surface area contributed by atoms with Crippen molar-refractivity contribution in [3.63, 3.8) is 0 Å². The second kappa shape index (κ2) is 5.64. The van der Waals surface area contributed by atoms with Crippen molar-refractivity contribution >= 4 is 17.7 Å². The van der Waals surface area contributed by atoms with Gasteiger partial charge >= 0.3 is 5.97 Å². The monoisotopic (exact) mass is 236 g/mol. The average molecular weight is 236 g/mol. The van der Waals surface area contributed by atoms with E-state index in [1.165, 1.54) is 37.6 Å². The molecule has 6 heteroatoms. The largest absolute Gasteiger partial charge is 0.465 e. The third-order valence-corrected chi connectivity index (χ3v) is 2.10. The highest BCUT2D eigenvalue weighted by Gasteiger charge is 2.19. The lowest BCUT2D eigenvalue weighted by molar-refractivity contribution is -0.385. The molecular weight excluding hydrogens is 224 g/mol. The van der Waals surface area contributed by atoms with Crippen molar-refractivity contribution in [3.05, 3.63) is 45.6 Å². The van der Waals surface area contributed by atoms with Gasteiger partial charge in [-0.1, -0.05) is 6.07 Å². The van der Waals surface area contributed by atoms with Crippen LogP contribution in [0.3, 0.4) is 0 Å². The summed E-state index contributed by atoms with van der Waals surface area (Å²) in [6, 6.07) is 4.26. The Morgan fingerprint density at radius 1 is 1.53 bits per heavy atom. The van der Waals surface area contributed by atoms with Crippen LogP contribution in [0.1, 0.15) is 15.9 Å². The minimum atomic E-state index is -0.607. The maximum atomic E-state index is 11.5. The highest BCUT2D eigenvalue weighted by atomic mass is 16.6. The fraction of sp³-hybridized carbons (Fsp3) is 0.182. The van der Waals surface area contributed by atoms with E-state index in [1.54, 1.807) is 7.05 Å². The third-order valence-electron chi connectivity index (χ3n) is 2.10. The first-order valence-electron chi connectivity index (χ1n) is 4.81. The van der Waals surface area contributed by atoms with Crippen molar-refractivity contribution in [1.29, 1.82) is 0 Å². The van der Waals surface area contributed by atoms with Crippen LogP contribution in [0.25, 0.3) is 6.08 Å². The molecule has 0 saturated carbocycles. The molecule has 1 rings (SSSR count). The summed E-state index contributed by atoms with van der Waals surface area (Å²) < 4.78 is 4.58. The molecular formula is C11H12N2O4. The maximum absolute atomic E-state index is 11.5. The van der Waals surface area contributed by atoms with Gasteiger partial charge in [0.05, 0.1) is 23.2 Å². The molecule has 0 amide bonds. The Kier molecular flexibility index (Phi) is 4.21. The van der Waals surface area contributed by atoms with E-state index in [0.717, 1.165) is 0 Å². The molecule has 0 bridgehead atoms. The summed E-state index contributed by atoms with van der Waals surface area (Å²) in [6.07, 6.45) is 2.97. The number of esters is 1. The number of ether oxygens (including phenoxy) is 1. The van der Waals surface area contributed by atoms with E-state index in [0.29, 0.717) is 0 Å². The molecule has 0 aliphatic heterocycles. The molecule has 0 radical (unpaired) electrons. The third kappa shape index (κ3) is 2.81. The van der Waals surface area contributed by atoms with Crippen LogP contribution in [-0.4, -0.2) is 25.1 Å². The predicted molar refractivity (Wildman–Crippen MR) is 62.5 cm³/mol. The summed E-state index contributed by atoms with van der Waals surface area (Å²) >= 11 is 0. The van der Waals surface area contributed by atoms with Crippen molar-refractivity contribution in [2.45, 2.75) is 0 Å². The number of nitro benzene ring substituents is 1. The number of hydrogen-bond donors (Lipinski definition) is 1. The van der Waals surface area contributed by atoms with Crippen LogP contribution in [0.2, 0.25) is 0 Å². The first-order valence-corrected chi connectivity index (χ1v) is 4.81. The highest BCUT2D eigenvalue weighted by Crippen LogP contribution is 2.24. The smallest absolute Gasteiger partial charge is 0.338 e. The number of hydrogen-bond acceptors (Lipinski definition) is 5. The van der Waals surface area contributed by atoms with Crippen molar-refractivity contribution in [2.75, 3.05) is 14.2 Å². The molecule has 1 aromatic carbocycles. The Hall–Kier alpha value is -2.37. The Morgan fingerprint density at radius 3 is 2.76 bits per heavy atom. The molecule has 0 aliphatic rings. The van der Waals surface area contributed by atoms with E-state index >= 15 is 0 Å². The molecule has 1 aromatic rings. The Balaban J connectivity index is 3.39. The number of nitro groups is 1. The number of nitrogens with one attached hydrogen (secondary N) is 1. The van der Waals surface area contributed by atoms with Gasteiger partial charge in [0.25, 0.3) is 5.69 Å². The number of carbonyl (C=O) groups is 1. The number of nitrogens with zero attached hydrogens (tertiary/aromatic N) is 1. The molecule has 1 N–H and O–H groups in total. The summed E-state index contributed by atoms with van der Waals surface area (Å²) in [4.78, 5) is 21.8. The molecule has 90 valence electrons. The van der Waals surface area contributed by atoms with Gasteiger partial charge in [-0.05, 0) is 18.3 Å². The average Bonchev–Trinajstić information content (AvgIpc) is 2.34. The lowest BCUT2D eigenvalue weighted by atomic mass is 10.1. The second-order valence-corrected chi connectivity index (χ2v) is 3.11. The lowest BCUT2D eigenvalue weighted by Gasteiger charge is -2.04. The van der Waals surface area contributed by atoms with Gasteiger partial charge in [0.1, 0.15) is 0 Å². The normalized spacial score (nSPS) is 10.2. The van der Waals surface area contributed by atoms with Crippen LogP contribution in [-0.2, 0) is 4.74 Å². The van der Waals surface area contributed by atoms with E-state index in [1.807, 2.05) is 0 Å². The van der Waals surface area contributed by atoms with Crippen LogP contribution in [0.4, 0.5) is 5.69 Å². The molecule has 0 atom stereocenters. The van der Waals surface area contributed by atoms with Crippen LogP contribution < -0.4 is 5.32 Å².